The molecular weight excluding hydrogens is 392 g/mol. The van der Waals surface area contributed by atoms with Crippen molar-refractivity contribution in [2.75, 3.05) is 10.0 Å². The molecule has 1 aromatic heterocycles. The molecule has 3 N–H and O–H groups in total. The number of aromatic nitrogens is 2. The van der Waals surface area contributed by atoms with Gasteiger partial charge < -0.3 is 4.98 Å². The molecule has 0 atom stereocenters. The number of benzene rings is 2. The van der Waals surface area contributed by atoms with Crippen molar-refractivity contribution in [3.05, 3.63) is 71.0 Å². The molecule has 0 spiro atoms. The Kier molecular flexibility index (Phi) is 5.30. The second kappa shape index (κ2) is 7.84. The average molecular weight is 406 g/mol. The van der Waals surface area contributed by atoms with Crippen LogP contribution in [0.5, 0.6) is 0 Å². The van der Waals surface area contributed by atoms with Crippen LogP contribution in [0.15, 0.2) is 53.4 Å². The van der Waals surface area contributed by atoms with Crippen LogP contribution < -0.4 is 10.0 Å². The van der Waals surface area contributed by atoms with E-state index in [0.717, 1.165) is 5.56 Å². The number of aromatic amines is 1. The van der Waals surface area contributed by atoms with Crippen LogP contribution in [0.1, 0.15) is 27.3 Å². The minimum absolute atomic E-state index is 0.00571. The number of anilines is 2. The summed E-state index contributed by atoms with van der Waals surface area (Å²) in [7, 11) is -3.82. The lowest BCUT2D eigenvalue weighted by Gasteiger charge is -2.10. The Labute approximate surface area is 166 Å². The van der Waals surface area contributed by atoms with Crippen LogP contribution in [0.2, 0.25) is 0 Å². The molecule has 3 aromatic rings. The summed E-state index contributed by atoms with van der Waals surface area (Å²) in [5.74, 6) is -0.635. The number of para-hydroxylation sites is 1. The number of rotatable bonds is 5. The normalized spacial score (nSPS) is 10.6. The van der Waals surface area contributed by atoms with E-state index in [2.05, 4.69) is 20.0 Å². The molecule has 10 heteroatoms. The molecule has 1 heterocycles. The maximum absolute atomic E-state index is 12.5. The fourth-order valence-corrected chi connectivity index (χ4v) is 3.58. The fraction of sp³-hybridized carbons (Fsp3) is 0.0526. The highest BCUT2D eigenvalue weighted by Crippen LogP contribution is 2.20. The number of hydrogen-bond donors (Lipinski definition) is 3. The van der Waals surface area contributed by atoms with Crippen molar-refractivity contribution in [3.8, 4) is 12.1 Å². The summed E-state index contributed by atoms with van der Waals surface area (Å²) in [6.07, 6.45) is 0. The molecule has 0 saturated heterocycles. The molecular formula is C19H14N6O3S. The van der Waals surface area contributed by atoms with Crippen molar-refractivity contribution in [1.82, 2.24) is 9.97 Å². The molecule has 144 valence electrons. The number of carbonyl (C=O) groups is 1. The van der Waals surface area contributed by atoms with Crippen LogP contribution in [0.3, 0.4) is 0 Å². The molecule has 3 rings (SSSR count). The van der Waals surface area contributed by atoms with E-state index in [0.29, 0.717) is 5.69 Å². The zero-order valence-corrected chi connectivity index (χ0v) is 15.9. The van der Waals surface area contributed by atoms with Gasteiger partial charge in [-0.2, -0.15) is 10.5 Å². The van der Waals surface area contributed by atoms with Crippen molar-refractivity contribution in [1.29, 1.82) is 10.5 Å². The number of carbonyl (C=O) groups excluding carboxylic acids is 1. The summed E-state index contributed by atoms with van der Waals surface area (Å²) in [6, 6.07) is 15.8. The van der Waals surface area contributed by atoms with E-state index in [9.17, 15) is 13.2 Å². The van der Waals surface area contributed by atoms with Gasteiger partial charge in [-0.1, -0.05) is 18.2 Å². The van der Waals surface area contributed by atoms with E-state index in [1.54, 1.807) is 43.3 Å². The van der Waals surface area contributed by atoms with Gasteiger partial charge in [-0.15, -0.1) is 0 Å². The maximum Gasteiger partial charge on any atom is 0.261 e. The SMILES string of the molecule is Cc1ccccc1NS(=O)(=O)c1ccc(C(=O)Nc2nc(C#N)c(C#N)[nH]2)cc1. The van der Waals surface area contributed by atoms with Crippen molar-refractivity contribution in [2.45, 2.75) is 11.8 Å². The average Bonchev–Trinajstić information content (AvgIpc) is 3.11. The third-order valence-electron chi connectivity index (χ3n) is 3.97. The van der Waals surface area contributed by atoms with Crippen molar-refractivity contribution >= 4 is 27.6 Å². The Morgan fingerprint density at radius 2 is 1.76 bits per heavy atom. The van der Waals surface area contributed by atoms with E-state index in [-0.39, 0.29) is 27.8 Å². The van der Waals surface area contributed by atoms with Crippen molar-refractivity contribution < 1.29 is 13.2 Å². The Morgan fingerprint density at radius 3 is 2.34 bits per heavy atom. The second-order valence-corrected chi connectivity index (χ2v) is 7.61. The first-order chi connectivity index (χ1) is 13.8. The first kappa shape index (κ1) is 19.6. The van der Waals surface area contributed by atoms with Crippen LogP contribution in [0.25, 0.3) is 0 Å². The monoisotopic (exact) mass is 406 g/mol. The van der Waals surface area contributed by atoms with Gasteiger partial charge in [0.1, 0.15) is 12.1 Å². The Hall–Kier alpha value is -4.15. The number of amides is 1. The molecule has 0 aliphatic carbocycles. The minimum Gasteiger partial charge on any atom is -0.314 e. The van der Waals surface area contributed by atoms with E-state index in [1.807, 2.05) is 0 Å². The number of aryl methyl sites for hydroxylation is 1. The number of hydrogen-bond acceptors (Lipinski definition) is 6. The Morgan fingerprint density at radius 1 is 1.07 bits per heavy atom. The van der Waals surface area contributed by atoms with Gasteiger partial charge in [-0.25, -0.2) is 13.4 Å². The molecule has 2 aromatic carbocycles. The number of imidazole rings is 1. The summed E-state index contributed by atoms with van der Waals surface area (Å²) >= 11 is 0. The summed E-state index contributed by atoms with van der Waals surface area (Å²) in [5.41, 5.74) is 1.22. The smallest absolute Gasteiger partial charge is 0.261 e. The van der Waals surface area contributed by atoms with Gasteiger partial charge in [0.05, 0.1) is 10.6 Å². The van der Waals surface area contributed by atoms with Gasteiger partial charge in [-0.3, -0.25) is 14.8 Å². The predicted octanol–water partition coefficient (Wildman–Crippen LogP) is 2.51. The number of sulfonamides is 1. The maximum atomic E-state index is 12.5. The molecule has 29 heavy (non-hydrogen) atoms. The quantitative estimate of drug-likeness (QED) is 0.592. The lowest BCUT2D eigenvalue weighted by Crippen LogP contribution is -2.15. The third-order valence-corrected chi connectivity index (χ3v) is 5.35. The molecule has 0 radical (unpaired) electrons. The third kappa shape index (κ3) is 4.24. The van der Waals surface area contributed by atoms with Crippen molar-refractivity contribution in [2.24, 2.45) is 0 Å². The number of nitriles is 2. The highest BCUT2D eigenvalue weighted by atomic mass is 32.2. The number of nitrogens with one attached hydrogen (secondary N) is 3. The predicted molar refractivity (Wildman–Crippen MR) is 104 cm³/mol. The summed E-state index contributed by atoms with van der Waals surface area (Å²) < 4.78 is 27.6. The van der Waals surface area contributed by atoms with E-state index in [4.69, 9.17) is 10.5 Å². The van der Waals surface area contributed by atoms with Gasteiger partial charge in [0.2, 0.25) is 5.95 Å². The first-order valence-corrected chi connectivity index (χ1v) is 9.72. The number of H-pyrrole nitrogens is 1. The first-order valence-electron chi connectivity index (χ1n) is 8.24. The highest BCUT2D eigenvalue weighted by Gasteiger charge is 2.17. The van der Waals surface area contributed by atoms with Crippen molar-refractivity contribution in [3.63, 3.8) is 0 Å². The molecule has 0 unspecified atom stereocenters. The van der Waals surface area contributed by atoms with Crippen LogP contribution in [0.4, 0.5) is 11.6 Å². The highest BCUT2D eigenvalue weighted by molar-refractivity contribution is 7.92. The second-order valence-electron chi connectivity index (χ2n) is 5.93. The Balaban J connectivity index is 1.76. The van der Waals surface area contributed by atoms with Gasteiger partial charge in [0.25, 0.3) is 15.9 Å². The Bertz CT molecular complexity index is 1230. The van der Waals surface area contributed by atoms with Gasteiger partial charge in [0, 0.05) is 5.56 Å². The topological polar surface area (TPSA) is 152 Å². The zero-order valence-electron chi connectivity index (χ0n) is 15.1. The standard InChI is InChI=1S/C19H14N6O3S/c1-12-4-2-3-5-15(12)25-29(27,28)14-8-6-13(7-9-14)18(26)24-19-22-16(10-20)17(11-21)23-19/h2-9,25H,1H3,(H2,22,23,24,26). The molecule has 0 aliphatic heterocycles. The zero-order chi connectivity index (χ0) is 21.0. The summed E-state index contributed by atoms with van der Waals surface area (Å²) in [5, 5.41) is 20.2. The van der Waals surface area contributed by atoms with Crippen LogP contribution >= 0.6 is 0 Å². The largest absolute Gasteiger partial charge is 0.314 e. The number of nitrogens with zero attached hydrogens (tertiary/aromatic N) is 3. The molecule has 0 fully saturated rings. The van der Waals surface area contributed by atoms with E-state index in [1.165, 1.54) is 24.3 Å². The van der Waals surface area contributed by atoms with Crippen LogP contribution in [0, 0.1) is 29.6 Å². The fourth-order valence-electron chi connectivity index (χ4n) is 2.45. The summed E-state index contributed by atoms with van der Waals surface area (Å²) in [6.45, 7) is 1.79. The van der Waals surface area contributed by atoms with Crippen LogP contribution in [-0.2, 0) is 10.0 Å². The van der Waals surface area contributed by atoms with Gasteiger partial charge in [0.15, 0.2) is 11.4 Å². The molecule has 0 bridgehead atoms. The van der Waals surface area contributed by atoms with Crippen LogP contribution in [-0.4, -0.2) is 24.3 Å². The lowest BCUT2D eigenvalue weighted by molar-refractivity contribution is 0.102. The molecule has 9 nitrogen and oxygen atoms in total. The minimum atomic E-state index is -3.82. The van der Waals surface area contributed by atoms with Gasteiger partial charge in [-0.05, 0) is 42.8 Å². The van der Waals surface area contributed by atoms with Gasteiger partial charge >= 0.3 is 0 Å². The molecule has 1 amide bonds. The van der Waals surface area contributed by atoms with E-state index < -0.39 is 15.9 Å². The molecule has 0 aliphatic rings. The lowest BCUT2D eigenvalue weighted by atomic mass is 10.2. The summed E-state index contributed by atoms with van der Waals surface area (Å²) in [4.78, 5) is 18.6. The van der Waals surface area contributed by atoms with E-state index >= 15 is 0 Å². The molecule has 0 saturated carbocycles.